The summed E-state index contributed by atoms with van der Waals surface area (Å²) in [4.78, 5) is 12.2. The van der Waals surface area contributed by atoms with Crippen LogP contribution in [-0.2, 0) is 0 Å². The van der Waals surface area contributed by atoms with E-state index in [1.54, 1.807) is 25.3 Å². The number of carbonyl (C=O) groups is 1. The standard InChI is InChI=1S/C17H17BrN2O3/c1-11(12-5-4-6-14(18)9-12)19-20-17(21)13-7-8-15(22-2)16(10-13)23-3/h4-10H,1-3H3,(H,20,21)/b19-11+. The van der Waals surface area contributed by atoms with Crippen LogP contribution in [0.1, 0.15) is 22.8 Å². The van der Waals surface area contributed by atoms with Crippen LogP contribution in [0, 0.1) is 0 Å². The fourth-order valence-corrected chi connectivity index (χ4v) is 2.35. The SMILES string of the molecule is COc1ccc(C(=O)N/N=C(\C)c2cccc(Br)c2)cc1OC. The van der Waals surface area contributed by atoms with Crippen LogP contribution >= 0.6 is 15.9 Å². The van der Waals surface area contributed by atoms with Gasteiger partial charge in [-0.05, 0) is 42.8 Å². The molecule has 1 amide bonds. The van der Waals surface area contributed by atoms with Crippen molar-refractivity contribution in [3.8, 4) is 11.5 Å². The van der Waals surface area contributed by atoms with Crippen molar-refractivity contribution in [2.45, 2.75) is 6.92 Å². The molecule has 1 N–H and O–H groups in total. The Bertz CT molecular complexity index is 744. The Balaban J connectivity index is 2.14. The largest absolute Gasteiger partial charge is 0.493 e. The van der Waals surface area contributed by atoms with E-state index in [1.807, 2.05) is 31.2 Å². The summed E-state index contributed by atoms with van der Waals surface area (Å²) in [5, 5.41) is 4.13. The van der Waals surface area contributed by atoms with Crippen LogP contribution in [0.15, 0.2) is 52.0 Å². The fourth-order valence-electron chi connectivity index (χ4n) is 1.95. The number of hydrogen-bond donors (Lipinski definition) is 1. The predicted octanol–water partition coefficient (Wildman–Crippen LogP) is 3.62. The third kappa shape index (κ3) is 4.32. The molecule has 120 valence electrons. The van der Waals surface area contributed by atoms with E-state index in [1.165, 1.54) is 7.11 Å². The van der Waals surface area contributed by atoms with Gasteiger partial charge < -0.3 is 9.47 Å². The molecule has 0 heterocycles. The summed E-state index contributed by atoms with van der Waals surface area (Å²) in [7, 11) is 3.07. The Morgan fingerprint density at radius 3 is 2.43 bits per heavy atom. The van der Waals surface area contributed by atoms with Gasteiger partial charge in [0.15, 0.2) is 11.5 Å². The lowest BCUT2D eigenvalue weighted by Crippen LogP contribution is -2.19. The first kappa shape index (κ1) is 17.0. The minimum Gasteiger partial charge on any atom is -0.493 e. The summed E-state index contributed by atoms with van der Waals surface area (Å²) in [6.45, 7) is 1.83. The molecule has 0 atom stereocenters. The molecule has 0 unspecified atom stereocenters. The number of amides is 1. The van der Waals surface area contributed by atoms with E-state index in [0.717, 1.165) is 10.0 Å². The first-order valence-electron chi connectivity index (χ1n) is 6.87. The van der Waals surface area contributed by atoms with Gasteiger partial charge in [-0.3, -0.25) is 4.79 Å². The van der Waals surface area contributed by atoms with Crippen molar-refractivity contribution in [1.82, 2.24) is 5.43 Å². The summed E-state index contributed by atoms with van der Waals surface area (Å²) < 4.78 is 11.3. The number of rotatable bonds is 5. The van der Waals surface area contributed by atoms with Crippen molar-refractivity contribution in [3.05, 3.63) is 58.1 Å². The lowest BCUT2D eigenvalue weighted by Gasteiger charge is -2.09. The second-order valence-electron chi connectivity index (χ2n) is 4.72. The summed E-state index contributed by atoms with van der Waals surface area (Å²) >= 11 is 3.41. The molecule has 0 saturated carbocycles. The maximum atomic E-state index is 12.2. The van der Waals surface area contributed by atoms with Gasteiger partial charge in [0, 0.05) is 10.0 Å². The molecule has 0 radical (unpaired) electrons. The number of methoxy groups -OCH3 is 2. The van der Waals surface area contributed by atoms with Gasteiger partial charge in [0.2, 0.25) is 0 Å². The van der Waals surface area contributed by atoms with Gasteiger partial charge in [0.05, 0.1) is 19.9 Å². The Kier molecular flexibility index (Phi) is 5.76. The molecule has 0 bridgehead atoms. The van der Waals surface area contributed by atoms with E-state index >= 15 is 0 Å². The van der Waals surface area contributed by atoms with E-state index in [0.29, 0.717) is 22.8 Å². The van der Waals surface area contributed by atoms with Crippen LogP contribution in [0.3, 0.4) is 0 Å². The number of nitrogens with one attached hydrogen (secondary N) is 1. The second-order valence-corrected chi connectivity index (χ2v) is 5.63. The molecule has 0 spiro atoms. The highest BCUT2D eigenvalue weighted by Crippen LogP contribution is 2.27. The Labute approximate surface area is 143 Å². The third-order valence-corrected chi connectivity index (χ3v) is 3.71. The van der Waals surface area contributed by atoms with Crippen LogP contribution in [0.4, 0.5) is 0 Å². The molecular weight excluding hydrogens is 360 g/mol. The van der Waals surface area contributed by atoms with Crippen molar-refractivity contribution in [1.29, 1.82) is 0 Å². The van der Waals surface area contributed by atoms with Gasteiger partial charge in [-0.25, -0.2) is 5.43 Å². The molecular formula is C17H17BrN2O3. The van der Waals surface area contributed by atoms with Crippen LogP contribution in [0.5, 0.6) is 11.5 Å². The summed E-state index contributed by atoms with van der Waals surface area (Å²) in [6, 6.07) is 12.6. The van der Waals surface area contributed by atoms with Crippen LogP contribution in [0.25, 0.3) is 0 Å². The average Bonchev–Trinajstić information content (AvgIpc) is 2.58. The smallest absolute Gasteiger partial charge is 0.271 e. The topological polar surface area (TPSA) is 59.9 Å². The predicted molar refractivity (Wildman–Crippen MR) is 93.4 cm³/mol. The number of nitrogens with zero attached hydrogens (tertiary/aromatic N) is 1. The van der Waals surface area contributed by atoms with Gasteiger partial charge in [-0.15, -0.1) is 0 Å². The quantitative estimate of drug-likeness (QED) is 0.640. The molecule has 0 aliphatic heterocycles. The van der Waals surface area contributed by atoms with Gasteiger partial charge >= 0.3 is 0 Å². The highest BCUT2D eigenvalue weighted by Gasteiger charge is 2.10. The highest BCUT2D eigenvalue weighted by atomic mass is 79.9. The number of benzene rings is 2. The van der Waals surface area contributed by atoms with Crippen molar-refractivity contribution in [2.75, 3.05) is 14.2 Å². The fraction of sp³-hybridized carbons (Fsp3) is 0.176. The summed E-state index contributed by atoms with van der Waals surface area (Å²) in [5.74, 6) is 0.742. The zero-order valence-corrected chi connectivity index (χ0v) is 14.7. The Hall–Kier alpha value is -2.34. The van der Waals surface area contributed by atoms with Crippen molar-refractivity contribution in [3.63, 3.8) is 0 Å². The monoisotopic (exact) mass is 376 g/mol. The van der Waals surface area contributed by atoms with Gasteiger partial charge in [-0.2, -0.15) is 5.10 Å². The normalized spacial score (nSPS) is 11.0. The number of carbonyl (C=O) groups excluding carboxylic acids is 1. The van der Waals surface area contributed by atoms with E-state index in [9.17, 15) is 4.79 Å². The van der Waals surface area contributed by atoms with Crippen LogP contribution in [0.2, 0.25) is 0 Å². The van der Waals surface area contributed by atoms with E-state index in [-0.39, 0.29) is 5.91 Å². The molecule has 0 aliphatic rings. The molecule has 2 rings (SSSR count). The minimum atomic E-state index is -0.319. The van der Waals surface area contributed by atoms with Gasteiger partial charge in [0.25, 0.3) is 5.91 Å². The maximum absolute atomic E-state index is 12.2. The number of ether oxygens (including phenoxy) is 2. The molecule has 5 nitrogen and oxygen atoms in total. The second kappa shape index (κ2) is 7.78. The lowest BCUT2D eigenvalue weighted by atomic mass is 10.1. The van der Waals surface area contributed by atoms with Crippen molar-refractivity contribution < 1.29 is 14.3 Å². The summed E-state index contributed by atoms with van der Waals surface area (Å²) in [6.07, 6.45) is 0. The first-order chi connectivity index (χ1) is 11.0. The molecule has 0 saturated heterocycles. The van der Waals surface area contributed by atoms with Gasteiger partial charge in [0.1, 0.15) is 0 Å². The third-order valence-electron chi connectivity index (χ3n) is 3.21. The van der Waals surface area contributed by atoms with Gasteiger partial charge in [-0.1, -0.05) is 28.1 Å². The highest BCUT2D eigenvalue weighted by molar-refractivity contribution is 9.10. The van der Waals surface area contributed by atoms with Crippen LogP contribution in [-0.4, -0.2) is 25.8 Å². The number of halogens is 1. The number of hydrazone groups is 1. The average molecular weight is 377 g/mol. The number of hydrogen-bond acceptors (Lipinski definition) is 4. The molecule has 0 aromatic heterocycles. The van der Waals surface area contributed by atoms with Crippen molar-refractivity contribution >= 4 is 27.5 Å². The molecule has 23 heavy (non-hydrogen) atoms. The van der Waals surface area contributed by atoms with E-state index in [2.05, 4.69) is 26.5 Å². The minimum absolute atomic E-state index is 0.319. The zero-order chi connectivity index (χ0) is 16.8. The Morgan fingerprint density at radius 2 is 1.78 bits per heavy atom. The van der Waals surface area contributed by atoms with E-state index < -0.39 is 0 Å². The molecule has 0 fully saturated rings. The first-order valence-corrected chi connectivity index (χ1v) is 7.67. The molecule has 2 aromatic carbocycles. The van der Waals surface area contributed by atoms with Crippen molar-refractivity contribution in [2.24, 2.45) is 5.10 Å². The molecule has 6 heteroatoms. The maximum Gasteiger partial charge on any atom is 0.271 e. The Morgan fingerprint density at radius 1 is 1.04 bits per heavy atom. The van der Waals surface area contributed by atoms with E-state index in [4.69, 9.17) is 9.47 Å². The molecule has 0 aliphatic carbocycles. The lowest BCUT2D eigenvalue weighted by molar-refractivity contribution is 0.0954. The van der Waals surface area contributed by atoms with Crippen LogP contribution < -0.4 is 14.9 Å². The zero-order valence-electron chi connectivity index (χ0n) is 13.1. The summed E-state index contributed by atoms with van der Waals surface area (Å²) in [5.41, 5.74) is 4.61. The molecule has 2 aromatic rings.